The summed E-state index contributed by atoms with van der Waals surface area (Å²) in [5.41, 5.74) is 0.00553. The third kappa shape index (κ3) is 1.70. The molecule has 0 radical (unpaired) electrons. The molecule has 0 saturated carbocycles. The van der Waals surface area contributed by atoms with Gasteiger partial charge in [0, 0.05) is 18.5 Å². The molecule has 1 aromatic rings. The van der Waals surface area contributed by atoms with Crippen LogP contribution in [0, 0.1) is 0 Å². The molecule has 5 nitrogen and oxygen atoms in total. The van der Waals surface area contributed by atoms with Crippen LogP contribution in [0.15, 0.2) is 4.52 Å². The van der Waals surface area contributed by atoms with E-state index in [0.29, 0.717) is 0 Å². The molecule has 1 aromatic heterocycles. The van der Waals surface area contributed by atoms with E-state index in [1.165, 1.54) is 0 Å². The van der Waals surface area contributed by atoms with Gasteiger partial charge in [-0.3, -0.25) is 0 Å². The van der Waals surface area contributed by atoms with Gasteiger partial charge in [-0.05, 0) is 0 Å². The van der Waals surface area contributed by atoms with Crippen LogP contribution in [0.25, 0.3) is 0 Å². The fourth-order valence-corrected chi connectivity index (χ4v) is 1.60. The summed E-state index contributed by atoms with van der Waals surface area (Å²) < 4.78 is 41.5. The Morgan fingerprint density at radius 1 is 1.50 bits per heavy atom. The van der Waals surface area contributed by atoms with Gasteiger partial charge in [-0.15, -0.1) is 0 Å². The average Bonchev–Trinajstić information content (AvgIpc) is 2.58. The molecular weight excluding hydrogens is 229 g/mol. The van der Waals surface area contributed by atoms with E-state index in [9.17, 15) is 18.0 Å². The molecule has 88 valence electrons. The molecule has 8 heteroatoms. The second kappa shape index (κ2) is 3.39. The van der Waals surface area contributed by atoms with Gasteiger partial charge < -0.3 is 14.5 Å². The van der Waals surface area contributed by atoms with Crippen molar-refractivity contribution in [2.24, 2.45) is 0 Å². The molecule has 16 heavy (non-hydrogen) atoms. The number of alkyl halides is 3. The minimum absolute atomic E-state index is 0.131. The first-order valence-electron chi connectivity index (χ1n) is 4.42. The molecule has 1 aliphatic rings. The van der Waals surface area contributed by atoms with Gasteiger partial charge in [-0.1, -0.05) is 5.16 Å². The molecule has 1 aliphatic heterocycles. The maximum absolute atomic E-state index is 12.4. The highest BCUT2D eigenvalue weighted by Gasteiger charge is 2.42. The van der Waals surface area contributed by atoms with Crippen LogP contribution in [0.2, 0.25) is 0 Å². The summed E-state index contributed by atoms with van der Waals surface area (Å²) in [6, 6.07) is 0. The lowest BCUT2D eigenvalue weighted by Gasteiger charge is -2.23. The molecule has 0 saturated heterocycles. The Morgan fingerprint density at radius 2 is 2.19 bits per heavy atom. The summed E-state index contributed by atoms with van der Waals surface area (Å²) in [5, 5.41) is 12.0. The zero-order valence-electron chi connectivity index (χ0n) is 7.91. The largest absolute Gasteiger partial charge is 0.465 e. The molecule has 0 fully saturated rings. The first kappa shape index (κ1) is 10.8. The summed E-state index contributed by atoms with van der Waals surface area (Å²) >= 11 is 0. The lowest BCUT2D eigenvalue weighted by molar-refractivity contribution is -0.156. The monoisotopic (exact) mass is 236 g/mol. The van der Waals surface area contributed by atoms with E-state index in [1.54, 1.807) is 0 Å². The number of hydrogen-bond donors (Lipinski definition) is 1. The minimum atomic E-state index is -4.64. The lowest BCUT2D eigenvalue weighted by atomic mass is 10.1. The molecular formula is C8H7F3N2O3. The smallest absolute Gasteiger partial charge is 0.452 e. The van der Waals surface area contributed by atoms with Crippen LogP contribution >= 0.6 is 0 Å². The summed E-state index contributed by atoms with van der Waals surface area (Å²) in [7, 11) is 0. The number of fused-ring (bicyclic) bond motifs is 1. The average molecular weight is 236 g/mol. The number of hydrogen-bond acceptors (Lipinski definition) is 3. The van der Waals surface area contributed by atoms with Gasteiger partial charge in [0.25, 0.3) is 0 Å². The highest BCUT2D eigenvalue weighted by molar-refractivity contribution is 5.65. The number of rotatable bonds is 0. The number of nitrogens with zero attached hydrogens (tertiary/aromatic N) is 2. The van der Waals surface area contributed by atoms with E-state index in [2.05, 4.69) is 9.68 Å². The first-order chi connectivity index (χ1) is 7.39. The SMILES string of the molecule is O=C(O)N1CCc2noc(C(F)(F)F)c2C1. The van der Waals surface area contributed by atoms with Crippen LogP contribution in [0.5, 0.6) is 0 Å². The molecule has 1 N–H and O–H groups in total. The molecule has 0 spiro atoms. The fraction of sp³-hybridized carbons (Fsp3) is 0.500. The molecule has 0 aliphatic carbocycles. The van der Waals surface area contributed by atoms with Gasteiger partial charge in [-0.25, -0.2) is 4.79 Å². The van der Waals surface area contributed by atoms with E-state index in [4.69, 9.17) is 5.11 Å². The molecule has 0 bridgehead atoms. The Morgan fingerprint density at radius 3 is 2.75 bits per heavy atom. The van der Waals surface area contributed by atoms with E-state index >= 15 is 0 Å². The quantitative estimate of drug-likeness (QED) is 0.744. The lowest BCUT2D eigenvalue weighted by Crippen LogP contribution is -2.35. The molecule has 0 atom stereocenters. The summed E-state index contributed by atoms with van der Waals surface area (Å²) in [4.78, 5) is 11.5. The first-order valence-corrected chi connectivity index (χ1v) is 4.42. The second-order valence-corrected chi connectivity index (χ2v) is 3.39. The van der Waals surface area contributed by atoms with Crippen LogP contribution in [0.3, 0.4) is 0 Å². The van der Waals surface area contributed by atoms with Crippen LogP contribution in [-0.2, 0) is 19.1 Å². The Kier molecular flexibility index (Phi) is 2.28. The van der Waals surface area contributed by atoms with Crippen molar-refractivity contribution in [3.8, 4) is 0 Å². The normalized spacial score (nSPS) is 16.1. The van der Waals surface area contributed by atoms with Crippen molar-refractivity contribution in [2.75, 3.05) is 6.54 Å². The third-order valence-corrected chi connectivity index (χ3v) is 2.37. The topological polar surface area (TPSA) is 66.6 Å². The van der Waals surface area contributed by atoms with Gasteiger partial charge in [-0.2, -0.15) is 13.2 Å². The highest BCUT2D eigenvalue weighted by atomic mass is 19.4. The van der Waals surface area contributed by atoms with Crippen LogP contribution in [0.4, 0.5) is 18.0 Å². The molecule has 0 aromatic carbocycles. The van der Waals surface area contributed by atoms with E-state index in [0.717, 1.165) is 4.90 Å². The molecule has 2 heterocycles. The van der Waals surface area contributed by atoms with Crippen molar-refractivity contribution in [3.05, 3.63) is 17.0 Å². The van der Waals surface area contributed by atoms with Gasteiger partial charge in [0.1, 0.15) is 0 Å². The van der Waals surface area contributed by atoms with Crippen molar-refractivity contribution in [1.29, 1.82) is 0 Å². The number of carboxylic acid groups (broad SMARTS) is 1. The van der Waals surface area contributed by atoms with Gasteiger partial charge in [0.05, 0.1) is 12.2 Å². The number of carbonyl (C=O) groups is 1. The predicted molar refractivity (Wildman–Crippen MR) is 43.6 cm³/mol. The predicted octanol–water partition coefficient (Wildman–Crippen LogP) is 1.73. The van der Waals surface area contributed by atoms with Crippen LogP contribution < -0.4 is 0 Å². The summed E-state index contributed by atoms with van der Waals surface area (Å²) in [5.74, 6) is -1.20. The maximum Gasteiger partial charge on any atom is 0.452 e. The second-order valence-electron chi connectivity index (χ2n) is 3.39. The van der Waals surface area contributed by atoms with Crippen molar-refractivity contribution in [1.82, 2.24) is 10.1 Å². The van der Waals surface area contributed by atoms with E-state index < -0.39 is 18.0 Å². The molecule has 2 rings (SSSR count). The fourth-order valence-electron chi connectivity index (χ4n) is 1.60. The number of halogens is 3. The molecule has 0 unspecified atom stereocenters. The van der Waals surface area contributed by atoms with Crippen molar-refractivity contribution in [2.45, 2.75) is 19.1 Å². The van der Waals surface area contributed by atoms with Crippen molar-refractivity contribution in [3.63, 3.8) is 0 Å². The van der Waals surface area contributed by atoms with Gasteiger partial charge >= 0.3 is 12.3 Å². The minimum Gasteiger partial charge on any atom is -0.465 e. The summed E-state index contributed by atoms with van der Waals surface area (Å²) in [6.07, 6.45) is -5.75. The molecule has 1 amide bonds. The summed E-state index contributed by atoms with van der Waals surface area (Å²) in [6.45, 7) is -0.199. The maximum atomic E-state index is 12.4. The number of aromatic nitrogens is 1. The van der Waals surface area contributed by atoms with Crippen molar-refractivity contribution < 1.29 is 27.6 Å². The Bertz CT molecular complexity index is 427. The van der Waals surface area contributed by atoms with Crippen LogP contribution in [-0.4, -0.2) is 27.8 Å². The van der Waals surface area contributed by atoms with Crippen LogP contribution in [0.1, 0.15) is 17.0 Å². The number of amides is 1. The Balaban J connectivity index is 2.35. The highest BCUT2D eigenvalue weighted by Crippen LogP contribution is 2.35. The van der Waals surface area contributed by atoms with Gasteiger partial charge in [0.2, 0.25) is 5.76 Å². The standard InChI is InChI=1S/C8H7F3N2O3/c9-8(10,11)6-4-3-13(7(14)15)2-1-5(4)12-16-6/h1-3H2,(H,14,15). The zero-order valence-corrected chi connectivity index (χ0v) is 7.91. The van der Waals surface area contributed by atoms with Gasteiger partial charge in [0.15, 0.2) is 0 Å². The van der Waals surface area contributed by atoms with E-state index in [1.807, 2.05) is 0 Å². The third-order valence-electron chi connectivity index (χ3n) is 2.37. The Labute approximate surface area is 87.4 Å². The van der Waals surface area contributed by atoms with Crippen molar-refractivity contribution >= 4 is 6.09 Å². The van der Waals surface area contributed by atoms with E-state index in [-0.39, 0.29) is 30.8 Å². The zero-order chi connectivity index (χ0) is 11.9. The Hall–Kier alpha value is -1.73.